The molecule has 26 heavy (non-hydrogen) atoms. The van der Waals surface area contributed by atoms with Crippen LogP contribution in [0, 0.1) is 6.92 Å². The van der Waals surface area contributed by atoms with Crippen molar-refractivity contribution in [1.82, 2.24) is 15.2 Å². The molecule has 2 heterocycles. The third-order valence-corrected chi connectivity index (χ3v) is 5.09. The van der Waals surface area contributed by atoms with Crippen molar-refractivity contribution in [2.24, 2.45) is 0 Å². The summed E-state index contributed by atoms with van der Waals surface area (Å²) in [5, 5.41) is 5.88. The highest BCUT2D eigenvalue weighted by Gasteiger charge is 2.18. The van der Waals surface area contributed by atoms with Gasteiger partial charge in [0.1, 0.15) is 10.8 Å². The van der Waals surface area contributed by atoms with Crippen LogP contribution >= 0.6 is 11.3 Å². The Morgan fingerprint density at radius 2 is 2.15 bits per heavy atom. The van der Waals surface area contributed by atoms with Crippen LogP contribution in [0.2, 0.25) is 0 Å². The Kier molecular flexibility index (Phi) is 5.85. The second-order valence-electron chi connectivity index (χ2n) is 6.49. The zero-order valence-electron chi connectivity index (χ0n) is 15.2. The summed E-state index contributed by atoms with van der Waals surface area (Å²) in [6, 6.07) is 12.0. The molecule has 6 heteroatoms. The van der Waals surface area contributed by atoms with Crippen molar-refractivity contribution in [1.29, 1.82) is 0 Å². The summed E-state index contributed by atoms with van der Waals surface area (Å²) in [7, 11) is 3.93. The lowest BCUT2D eigenvalue weighted by Crippen LogP contribution is -2.35. The second-order valence-corrected chi connectivity index (χ2v) is 7.35. The lowest BCUT2D eigenvalue weighted by Gasteiger charge is -2.22. The molecule has 0 fully saturated rings. The summed E-state index contributed by atoms with van der Waals surface area (Å²) in [5.74, 6) is 0.801. The van der Waals surface area contributed by atoms with E-state index in [2.05, 4.69) is 29.4 Å². The second kappa shape index (κ2) is 8.29. The van der Waals surface area contributed by atoms with E-state index in [9.17, 15) is 4.79 Å². The van der Waals surface area contributed by atoms with Gasteiger partial charge in [0.05, 0.1) is 24.4 Å². The van der Waals surface area contributed by atoms with E-state index >= 15 is 0 Å². The van der Waals surface area contributed by atoms with E-state index in [4.69, 9.17) is 4.42 Å². The first kappa shape index (κ1) is 18.4. The molecule has 0 aliphatic carbocycles. The Hall–Kier alpha value is -2.44. The molecule has 2 aromatic heterocycles. The molecule has 5 nitrogen and oxygen atoms in total. The predicted octanol–water partition coefficient (Wildman–Crippen LogP) is 3.67. The first-order chi connectivity index (χ1) is 12.5. The van der Waals surface area contributed by atoms with Crippen molar-refractivity contribution in [3.63, 3.8) is 0 Å². The maximum atomic E-state index is 12.3. The Bertz CT molecular complexity index is 856. The normalized spacial score (nSPS) is 12.3. The monoisotopic (exact) mass is 369 g/mol. The van der Waals surface area contributed by atoms with E-state index in [1.165, 1.54) is 5.56 Å². The van der Waals surface area contributed by atoms with Crippen molar-refractivity contribution in [3.05, 3.63) is 65.1 Å². The summed E-state index contributed by atoms with van der Waals surface area (Å²) < 4.78 is 5.47. The molecule has 0 saturated carbocycles. The Morgan fingerprint density at radius 3 is 2.85 bits per heavy atom. The van der Waals surface area contributed by atoms with E-state index in [0.717, 1.165) is 22.0 Å². The topological polar surface area (TPSA) is 58.4 Å². The van der Waals surface area contributed by atoms with Gasteiger partial charge in [0.25, 0.3) is 0 Å². The van der Waals surface area contributed by atoms with Gasteiger partial charge >= 0.3 is 0 Å². The number of likely N-dealkylation sites (N-methyl/N-ethyl adjacent to an activating group) is 1. The lowest BCUT2D eigenvalue weighted by molar-refractivity contribution is -0.120. The van der Waals surface area contributed by atoms with Crippen LogP contribution in [0.4, 0.5) is 0 Å². The number of aromatic nitrogens is 1. The van der Waals surface area contributed by atoms with Gasteiger partial charge in [-0.3, -0.25) is 9.69 Å². The van der Waals surface area contributed by atoms with E-state index in [1.54, 1.807) is 17.6 Å². The molecule has 0 spiro atoms. The minimum Gasteiger partial charge on any atom is -0.468 e. The van der Waals surface area contributed by atoms with E-state index in [1.807, 2.05) is 48.6 Å². The first-order valence-electron chi connectivity index (χ1n) is 8.51. The first-order valence-corrected chi connectivity index (χ1v) is 9.39. The Balaban J connectivity index is 1.58. The highest BCUT2D eigenvalue weighted by molar-refractivity contribution is 7.13. The number of amides is 1. The van der Waals surface area contributed by atoms with Crippen LogP contribution in [0.15, 0.2) is 52.5 Å². The van der Waals surface area contributed by atoms with Crippen molar-refractivity contribution in [3.8, 4) is 10.6 Å². The number of rotatable bonds is 7. The smallest absolute Gasteiger partial charge is 0.226 e. The van der Waals surface area contributed by atoms with E-state index in [0.29, 0.717) is 6.54 Å². The maximum absolute atomic E-state index is 12.3. The maximum Gasteiger partial charge on any atom is 0.226 e. The highest BCUT2D eigenvalue weighted by atomic mass is 32.1. The van der Waals surface area contributed by atoms with Crippen molar-refractivity contribution in [2.45, 2.75) is 19.4 Å². The molecule has 0 bridgehead atoms. The third kappa shape index (κ3) is 4.59. The fourth-order valence-electron chi connectivity index (χ4n) is 2.75. The van der Waals surface area contributed by atoms with Crippen LogP contribution in [-0.2, 0) is 11.2 Å². The fourth-order valence-corrected chi connectivity index (χ4v) is 3.57. The van der Waals surface area contributed by atoms with Gasteiger partial charge in [-0.2, -0.15) is 0 Å². The average molecular weight is 369 g/mol. The molecule has 1 atom stereocenters. The standard InChI is InChI=1S/C20H23N3O2S/c1-14-6-4-7-15(10-14)20-22-16(13-26-20)11-19(24)21-12-17(23(2)3)18-8-5-9-25-18/h4-10,13,17H,11-12H2,1-3H3,(H,21,24). The van der Waals surface area contributed by atoms with Gasteiger partial charge in [-0.15, -0.1) is 11.3 Å². The molecular formula is C20H23N3O2S. The number of nitrogens with zero attached hydrogens (tertiary/aromatic N) is 2. The van der Waals surface area contributed by atoms with Gasteiger partial charge in [0.15, 0.2) is 0 Å². The molecule has 3 aromatic rings. The number of furan rings is 1. The zero-order chi connectivity index (χ0) is 18.5. The molecule has 1 aromatic carbocycles. The largest absolute Gasteiger partial charge is 0.468 e. The van der Waals surface area contributed by atoms with Gasteiger partial charge in [-0.25, -0.2) is 4.98 Å². The number of nitrogens with one attached hydrogen (secondary N) is 1. The Labute approximate surface area is 157 Å². The minimum absolute atomic E-state index is 0.00670. The SMILES string of the molecule is Cc1cccc(-c2nc(CC(=O)NCC(c3ccco3)N(C)C)cs2)c1. The number of aryl methyl sites for hydroxylation is 1. The summed E-state index contributed by atoms with van der Waals surface area (Å²) in [4.78, 5) is 18.9. The third-order valence-electron chi connectivity index (χ3n) is 4.15. The molecule has 3 rings (SSSR count). The summed E-state index contributed by atoms with van der Waals surface area (Å²) in [6.07, 6.45) is 1.93. The van der Waals surface area contributed by atoms with Gasteiger partial charge in [-0.1, -0.05) is 23.8 Å². The Morgan fingerprint density at radius 1 is 1.31 bits per heavy atom. The van der Waals surface area contributed by atoms with Crippen LogP contribution in [0.1, 0.15) is 23.1 Å². The van der Waals surface area contributed by atoms with Crippen LogP contribution < -0.4 is 5.32 Å². The van der Waals surface area contributed by atoms with E-state index in [-0.39, 0.29) is 18.4 Å². The van der Waals surface area contributed by atoms with Crippen molar-refractivity contribution >= 4 is 17.2 Å². The van der Waals surface area contributed by atoms with Gasteiger partial charge in [-0.05, 0) is 39.2 Å². The minimum atomic E-state index is -0.0375. The quantitative estimate of drug-likeness (QED) is 0.690. The summed E-state index contributed by atoms with van der Waals surface area (Å²) in [6.45, 7) is 2.56. The van der Waals surface area contributed by atoms with Crippen LogP contribution in [0.25, 0.3) is 10.6 Å². The molecule has 1 amide bonds. The van der Waals surface area contributed by atoms with Crippen molar-refractivity contribution in [2.75, 3.05) is 20.6 Å². The van der Waals surface area contributed by atoms with Crippen molar-refractivity contribution < 1.29 is 9.21 Å². The number of thiazole rings is 1. The predicted molar refractivity (Wildman–Crippen MR) is 104 cm³/mol. The fraction of sp³-hybridized carbons (Fsp3) is 0.300. The molecular weight excluding hydrogens is 346 g/mol. The summed E-state index contributed by atoms with van der Waals surface area (Å²) >= 11 is 1.57. The number of carbonyl (C=O) groups is 1. The highest BCUT2D eigenvalue weighted by Crippen LogP contribution is 2.24. The molecule has 0 aliphatic rings. The molecule has 0 aliphatic heterocycles. The van der Waals surface area contributed by atoms with Gasteiger partial charge in [0, 0.05) is 17.5 Å². The number of hydrogen-bond acceptors (Lipinski definition) is 5. The number of benzene rings is 1. The number of hydrogen-bond donors (Lipinski definition) is 1. The molecule has 1 N–H and O–H groups in total. The molecule has 136 valence electrons. The lowest BCUT2D eigenvalue weighted by atomic mass is 10.1. The van der Waals surface area contributed by atoms with Crippen LogP contribution in [-0.4, -0.2) is 36.4 Å². The molecule has 0 saturated heterocycles. The summed E-state index contributed by atoms with van der Waals surface area (Å²) in [5.41, 5.74) is 3.08. The molecule has 0 radical (unpaired) electrons. The molecule has 1 unspecified atom stereocenters. The van der Waals surface area contributed by atoms with E-state index < -0.39 is 0 Å². The van der Waals surface area contributed by atoms with Gasteiger partial charge in [0.2, 0.25) is 5.91 Å². The van der Waals surface area contributed by atoms with Crippen LogP contribution in [0.5, 0.6) is 0 Å². The average Bonchev–Trinajstić information content (AvgIpc) is 3.27. The zero-order valence-corrected chi connectivity index (χ0v) is 16.0. The van der Waals surface area contributed by atoms with Crippen LogP contribution in [0.3, 0.4) is 0 Å². The number of carbonyl (C=O) groups excluding carboxylic acids is 1. The van der Waals surface area contributed by atoms with Gasteiger partial charge < -0.3 is 9.73 Å².